The molecule has 2 N–H and O–H groups in total. The first-order valence-electron chi connectivity index (χ1n) is 6.63. The molecule has 1 aromatic rings. The topological polar surface area (TPSA) is 42.2 Å². The van der Waals surface area contributed by atoms with Gasteiger partial charge in [-0.05, 0) is 24.6 Å². The Kier molecular flexibility index (Phi) is 4.65. The van der Waals surface area contributed by atoms with Crippen LogP contribution >= 0.6 is 11.8 Å². The zero-order valence-corrected chi connectivity index (χ0v) is 12.2. The average Bonchev–Trinajstić information content (AvgIpc) is 2.28. The van der Waals surface area contributed by atoms with Gasteiger partial charge in [0.25, 0.3) is 0 Å². The van der Waals surface area contributed by atoms with E-state index in [-0.39, 0.29) is 6.04 Å². The van der Waals surface area contributed by atoms with Gasteiger partial charge >= 0.3 is 0 Å². The third kappa shape index (κ3) is 3.25. The molecule has 18 heavy (non-hydrogen) atoms. The van der Waals surface area contributed by atoms with Crippen molar-refractivity contribution >= 4 is 11.8 Å². The quantitative estimate of drug-likeness (QED) is 0.910. The zero-order valence-electron chi connectivity index (χ0n) is 11.4. The molecule has 1 aliphatic heterocycles. The smallest absolute Gasteiger partial charge is 0.0498 e. The molecule has 0 aliphatic carbocycles. The monoisotopic (exact) mass is 265 g/mol. The second-order valence-electron chi connectivity index (χ2n) is 5.30. The molecule has 0 aromatic carbocycles. The number of hydrogen-bond donors (Lipinski definition) is 1. The summed E-state index contributed by atoms with van der Waals surface area (Å²) in [7, 11) is 0. The van der Waals surface area contributed by atoms with Crippen molar-refractivity contribution in [3.63, 3.8) is 0 Å². The molecule has 1 aliphatic rings. The molecule has 2 rings (SSSR count). The van der Waals surface area contributed by atoms with E-state index < -0.39 is 0 Å². The van der Waals surface area contributed by atoms with Gasteiger partial charge in [0.2, 0.25) is 0 Å². The second kappa shape index (κ2) is 6.04. The van der Waals surface area contributed by atoms with E-state index in [0.29, 0.717) is 16.5 Å². The van der Waals surface area contributed by atoms with Crippen molar-refractivity contribution in [3.8, 4) is 0 Å². The van der Waals surface area contributed by atoms with Crippen LogP contribution in [-0.4, -0.2) is 39.5 Å². The van der Waals surface area contributed by atoms with Gasteiger partial charge in [-0.3, -0.25) is 9.88 Å². The molecule has 0 radical (unpaired) electrons. The van der Waals surface area contributed by atoms with Gasteiger partial charge in [-0.2, -0.15) is 11.8 Å². The second-order valence-corrected chi connectivity index (χ2v) is 7.18. The van der Waals surface area contributed by atoms with E-state index in [2.05, 4.69) is 54.5 Å². The Morgan fingerprint density at radius 3 is 2.33 bits per heavy atom. The average molecular weight is 265 g/mol. The van der Waals surface area contributed by atoms with Crippen LogP contribution in [0.25, 0.3) is 0 Å². The van der Waals surface area contributed by atoms with Gasteiger partial charge in [0.15, 0.2) is 0 Å². The third-order valence-corrected chi connectivity index (χ3v) is 4.61. The molecule has 4 heteroatoms. The van der Waals surface area contributed by atoms with E-state index in [1.165, 1.54) is 5.56 Å². The highest BCUT2D eigenvalue weighted by atomic mass is 32.2. The molecular formula is C14H23N3S. The van der Waals surface area contributed by atoms with E-state index >= 15 is 0 Å². The number of nitrogens with zero attached hydrogens (tertiary/aromatic N) is 2. The van der Waals surface area contributed by atoms with Gasteiger partial charge in [0.05, 0.1) is 0 Å². The standard InChI is InChI=1S/C14H23N3S/c1-10-8-17(9-11(2)18-10)14(12(3)15)13-4-6-16-7-5-13/h4-7,10-12,14H,8-9,15H2,1-3H3. The SMILES string of the molecule is CC1CN(C(c2ccncc2)C(C)N)CC(C)S1. The van der Waals surface area contributed by atoms with Crippen LogP contribution in [0, 0.1) is 0 Å². The highest BCUT2D eigenvalue weighted by molar-refractivity contribution is 8.00. The number of hydrogen-bond acceptors (Lipinski definition) is 4. The first kappa shape index (κ1) is 13.8. The Labute approximate surface area is 114 Å². The third-order valence-electron chi connectivity index (χ3n) is 3.39. The molecule has 4 atom stereocenters. The Balaban J connectivity index is 2.20. The fraction of sp³-hybridized carbons (Fsp3) is 0.643. The lowest BCUT2D eigenvalue weighted by atomic mass is 9.99. The molecule has 0 spiro atoms. The van der Waals surface area contributed by atoms with Crippen LogP contribution in [0.5, 0.6) is 0 Å². The molecule has 100 valence electrons. The van der Waals surface area contributed by atoms with Crippen molar-refractivity contribution in [2.45, 2.75) is 43.4 Å². The minimum absolute atomic E-state index is 0.134. The Morgan fingerprint density at radius 1 is 1.28 bits per heavy atom. The van der Waals surface area contributed by atoms with E-state index in [1.807, 2.05) is 12.4 Å². The van der Waals surface area contributed by atoms with Gasteiger partial charge in [0, 0.05) is 48.1 Å². The molecule has 2 heterocycles. The maximum absolute atomic E-state index is 6.22. The zero-order chi connectivity index (χ0) is 13.1. The summed E-state index contributed by atoms with van der Waals surface area (Å²) >= 11 is 2.07. The Morgan fingerprint density at radius 2 is 1.83 bits per heavy atom. The van der Waals surface area contributed by atoms with Crippen molar-refractivity contribution in [2.75, 3.05) is 13.1 Å². The van der Waals surface area contributed by atoms with E-state index in [0.717, 1.165) is 13.1 Å². The van der Waals surface area contributed by atoms with Gasteiger partial charge in [-0.25, -0.2) is 0 Å². The van der Waals surface area contributed by atoms with Crippen LogP contribution in [0.15, 0.2) is 24.5 Å². The molecule has 4 unspecified atom stereocenters. The van der Waals surface area contributed by atoms with Crippen molar-refractivity contribution in [1.29, 1.82) is 0 Å². The summed E-state index contributed by atoms with van der Waals surface area (Å²) in [5.74, 6) is 0. The highest BCUT2D eigenvalue weighted by Gasteiger charge is 2.30. The number of thioether (sulfide) groups is 1. The summed E-state index contributed by atoms with van der Waals surface area (Å²) in [6.07, 6.45) is 3.71. The van der Waals surface area contributed by atoms with Gasteiger partial charge in [0.1, 0.15) is 0 Å². The lowest BCUT2D eigenvalue weighted by molar-refractivity contribution is 0.174. The first-order chi connectivity index (χ1) is 8.58. The van der Waals surface area contributed by atoms with Gasteiger partial charge in [-0.1, -0.05) is 13.8 Å². The van der Waals surface area contributed by atoms with E-state index in [4.69, 9.17) is 5.73 Å². The molecular weight excluding hydrogens is 242 g/mol. The van der Waals surface area contributed by atoms with E-state index in [9.17, 15) is 0 Å². The minimum Gasteiger partial charge on any atom is -0.326 e. The van der Waals surface area contributed by atoms with Crippen LogP contribution in [0.1, 0.15) is 32.4 Å². The summed E-state index contributed by atoms with van der Waals surface area (Å²) in [6, 6.07) is 4.62. The fourth-order valence-electron chi connectivity index (χ4n) is 2.85. The van der Waals surface area contributed by atoms with E-state index in [1.54, 1.807) is 0 Å². The van der Waals surface area contributed by atoms with Crippen LogP contribution < -0.4 is 5.73 Å². The Hall–Kier alpha value is -0.580. The van der Waals surface area contributed by atoms with Gasteiger partial charge in [-0.15, -0.1) is 0 Å². The number of aromatic nitrogens is 1. The summed E-state index contributed by atoms with van der Waals surface area (Å²) in [4.78, 5) is 6.63. The molecule has 1 fully saturated rings. The molecule has 3 nitrogen and oxygen atoms in total. The van der Waals surface area contributed by atoms with Crippen molar-refractivity contribution < 1.29 is 0 Å². The molecule has 1 saturated heterocycles. The van der Waals surface area contributed by atoms with Gasteiger partial charge < -0.3 is 5.73 Å². The molecule has 0 bridgehead atoms. The highest BCUT2D eigenvalue weighted by Crippen LogP contribution is 2.32. The minimum atomic E-state index is 0.134. The molecule has 0 saturated carbocycles. The lowest BCUT2D eigenvalue weighted by Crippen LogP contribution is -2.47. The molecule has 1 aromatic heterocycles. The summed E-state index contributed by atoms with van der Waals surface area (Å²) in [5.41, 5.74) is 7.51. The predicted molar refractivity (Wildman–Crippen MR) is 78.7 cm³/mol. The lowest BCUT2D eigenvalue weighted by Gasteiger charge is -2.41. The number of nitrogens with two attached hydrogens (primary N) is 1. The van der Waals surface area contributed by atoms with Crippen LogP contribution in [0.3, 0.4) is 0 Å². The predicted octanol–water partition coefficient (Wildman–Crippen LogP) is 2.30. The summed E-state index contributed by atoms with van der Waals surface area (Å²) in [6.45, 7) is 8.94. The summed E-state index contributed by atoms with van der Waals surface area (Å²) < 4.78 is 0. The van der Waals surface area contributed by atoms with Crippen molar-refractivity contribution in [2.24, 2.45) is 5.73 Å². The largest absolute Gasteiger partial charge is 0.326 e. The maximum atomic E-state index is 6.22. The first-order valence-corrected chi connectivity index (χ1v) is 7.57. The summed E-state index contributed by atoms with van der Waals surface area (Å²) in [5, 5.41) is 1.36. The van der Waals surface area contributed by atoms with Crippen molar-refractivity contribution in [1.82, 2.24) is 9.88 Å². The Bertz CT molecular complexity index is 359. The number of pyridine rings is 1. The number of rotatable bonds is 3. The maximum Gasteiger partial charge on any atom is 0.0498 e. The molecule has 0 amide bonds. The fourth-order valence-corrected chi connectivity index (χ4v) is 4.20. The van der Waals surface area contributed by atoms with Crippen LogP contribution in [0.2, 0.25) is 0 Å². The van der Waals surface area contributed by atoms with Crippen LogP contribution in [0.4, 0.5) is 0 Å². The van der Waals surface area contributed by atoms with Crippen LogP contribution in [-0.2, 0) is 0 Å². The normalized spacial score (nSPS) is 28.9. The van der Waals surface area contributed by atoms with Crippen molar-refractivity contribution in [3.05, 3.63) is 30.1 Å².